The second-order valence-electron chi connectivity index (χ2n) is 5.42. The number of hydrogen-bond donors (Lipinski definition) is 2. The first-order chi connectivity index (χ1) is 13.7. The van der Waals surface area contributed by atoms with Crippen LogP contribution >= 0.6 is 0 Å². The van der Waals surface area contributed by atoms with E-state index >= 15 is 0 Å². The Labute approximate surface area is 166 Å². The molecule has 0 saturated carbocycles. The van der Waals surface area contributed by atoms with Crippen LogP contribution in [0.15, 0.2) is 0 Å². The van der Waals surface area contributed by atoms with Crippen LogP contribution in [0.1, 0.15) is 0 Å². The van der Waals surface area contributed by atoms with Crippen molar-refractivity contribution < 1.29 is 55.0 Å². The highest BCUT2D eigenvalue weighted by Crippen LogP contribution is 2.14. The average Bonchev–Trinajstić information content (AvgIpc) is 2.65. The zero-order valence-electron chi connectivity index (χ0n) is 15.9. The van der Waals surface area contributed by atoms with Crippen LogP contribution in [0.25, 0.3) is 0 Å². The summed E-state index contributed by atoms with van der Waals surface area (Å²) in [6.45, 7) is -2.67. The summed E-state index contributed by atoms with van der Waals surface area (Å²) in [5.41, 5.74) is 0. The molecule has 16 heteroatoms. The number of ether oxygens (including phenoxy) is 2. The summed E-state index contributed by atoms with van der Waals surface area (Å²) >= 11 is 0. The fourth-order valence-corrected chi connectivity index (χ4v) is 1.90. The van der Waals surface area contributed by atoms with E-state index in [0.717, 1.165) is 24.0 Å². The number of alkyl halides is 6. The zero-order valence-corrected chi connectivity index (χ0v) is 15.9. The Bertz CT molecular complexity index is 561. The lowest BCUT2D eigenvalue weighted by atomic mass is 10.4. The Balaban J connectivity index is 4.81. The van der Waals surface area contributed by atoms with Gasteiger partial charge in [-0.3, -0.25) is 9.59 Å². The van der Waals surface area contributed by atoms with Crippen molar-refractivity contribution in [2.45, 2.75) is 12.4 Å². The highest BCUT2D eigenvalue weighted by atomic mass is 19.4. The van der Waals surface area contributed by atoms with Gasteiger partial charge in [0.15, 0.2) is 0 Å². The summed E-state index contributed by atoms with van der Waals surface area (Å²) < 4.78 is 81.8. The normalized spacial score (nSPS) is 11.3. The van der Waals surface area contributed by atoms with E-state index in [1.807, 2.05) is 0 Å². The molecule has 0 unspecified atom stereocenters. The standard InChI is InChI=1S/C14H20F6N4O6/c1-29-11(27)23(5-3-21-9(25)13(15,16)17)7-8-24(12(28)30-2)6-4-22-10(26)14(18,19)20/h3-8H2,1-2H3,(H,21,25)(H,22,26). The molecule has 0 heterocycles. The van der Waals surface area contributed by atoms with Crippen LogP contribution < -0.4 is 10.6 Å². The molecule has 0 aromatic rings. The van der Waals surface area contributed by atoms with Crippen LogP contribution in [0.3, 0.4) is 0 Å². The van der Waals surface area contributed by atoms with Gasteiger partial charge in [0.2, 0.25) is 0 Å². The van der Waals surface area contributed by atoms with E-state index in [4.69, 9.17) is 0 Å². The zero-order chi connectivity index (χ0) is 23.5. The van der Waals surface area contributed by atoms with Gasteiger partial charge in [0.05, 0.1) is 14.2 Å². The lowest BCUT2D eigenvalue weighted by Gasteiger charge is -2.26. The molecular formula is C14H20F6N4O6. The van der Waals surface area contributed by atoms with Gasteiger partial charge in [-0.05, 0) is 0 Å². The number of methoxy groups -OCH3 is 2. The van der Waals surface area contributed by atoms with Gasteiger partial charge in [-0.1, -0.05) is 0 Å². The second kappa shape index (κ2) is 11.9. The number of nitrogens with one attached hydrogen (secondary N) is 2. The Morgan fingerprint density at radius 1 is 0.667 bits per heavy atom. The average molecular weight is 454 g/mol. The molecule has 0 rings (SSSR count). The molecule has 0 radical (unpaired) electrons. The lowest BCUT2D eigenvalue weighted by molar-refractivity contribution is -0.173. The van der Waals surface area contributed by atoms with Crippen LogP contribution in [0.4, 0.5) is 35.9 Å². The van der Waals surface area contributed by atoms with Gasteiger partial charge in [-0.2, -0.15) is 26.3 Å². The summed E-state index contributed by atoms with van der Waals surface area (Å²) in [4.78, 5) is 46.6. The summed E-state index contributed by atoms with van der Waals surface area (Å²) in [5.74, 6) is -4.44. The van der Waals surface area contributed by atoms with Crippen molar-refractivity contribution >= 4 is 24.0 Å². The van der Waals surface area contributed by atoms with Gasteiger partial charge in [-0.25, -0.2) is 9.59 Å². The van der Waals surface area contributed by atoms with E-state index in [2.05, 4.69) is 9.47 Å². The van der Waals surface area contributed by atoms with Crippen molar-refractivity contribution in [3.63, 3.8) is 0 Å². The van der Waals surface area contributed by atoms with Gasteiger partial charge >= 0.3 is 36.4 Å². The summed E-state index contributed by atoms with van der Waals surface area (Å²) in [7, 11) is 1.96. The molecule has 0 bridgehead atoms. The molecule has 0 saturated heterocycles. The smallest absolute Gasteiger partial charge is 0.453 e. The predicted molar refractivity (Wildman–Crippen MR) is 86.1 cm³/mol. The van der Waals surface area contributed by atoms with Crippen molar-refractivity contribution in [2.75, 3.05) is 53.5 Å². The van der Waals surface area contributed by atoms with Crippen LogP contribution in [-0.2, 0) is 19.1 Å². The molecule has 0 aromatic carbocycles. The van der Waals surface area contributed by atoms with Gasteiger partial charge < -0.3 is 29.9 Å². The third-order valence-electron chi connectivity index (χ3n) is 3.35. The van der Waals surface area contributed by atoms with Crippen LogP contribution in [0.2, 0.25) is 0 Å². The number of rotatable bonds is 9. The number of hydrogen-bond acceptors (Lipinski definition) is 6. The van der Waals surface area contributed by atoms with Gasteiger partial charge in [0.1, 0.15) is 0 Å². The highest BCUT2D eigenvalue weighted by Gasteiger charge is 2.39. The van der Waals surface area contributed by atoms with Gasteiger partial charge in [-0.15, -0.1) is 0 Å². The highest BCUT2D eigenvalue weighted by molar-refractivity contribution is 5.82. The first-order valence-electron chi connectivity index (χ1n) is 8.09. The second-order valence-corrected chi connectivity index (χ2v) is 5.42. The van der Waals surface area contributed by atoms with E-state index in [1.54, 1.807) is 10.6 Å². The van der Waals surface area contributed by atoms with Crippen molar-refractivity contribution in [1.29, 1.82) is 0 Å². The van der Waals surface area contributed by atoms with Crippen molar-refractivity contribution in [2.24, 2.45) is 0 Å². The Morgan fingerprint density at radius 2 is 0.967 bits per heavy atom. The largest absolute Gasteiger partial charge is 0.471 e. The SMILES string of the molecule is COC(=O)N(CCNC(=O)C(F)(F)F)CCN(CCNC(=O)C(F)(F)F)C(=O)OC. The lowest BCUT2D eigenvalue weighted by Crippen LogP contribution is -2.47. The number of nitrogens with zero attached hydrogens (tertiary/aromatic N) is 2. The molecule has 30 heavy (non-hydrogen) atoms. The van der Waals surface area contributed by atoms with E-state index in [9.17, 15) is 45.5 Å². The van der Waals surface area contributed by atoms with Crippen molar-refractivity contribution in [1.82, 2.24) is 20.4 Å². The predicted octanol–water partition coefficient (Wildman–Crippen LogP) is 0.480. The number of carbonyl (C=O) groups excluding carboxylic acids is 4. The summed E-state index contributed by atoms with van der Waals surface area (Å²) in [6.07, 6.45) is -12.2. The number of carbonyl (C=O) groups is 4. The minimum Gasteiger partial charge on any atom is -0.453 e. The Kier molecular flexibility index (Phi) is 10.7. The third kappa shape index (κ3) is 10.0. The molecule has 0 spiro atoms. The molecule has 0 aliphatic heterocycles. The molecule has 4 amide bonds. The molecule has 174 valence electrons. The van der Waals surface area contributed by atoms with Gasteiger partial charge in [0, 0.05) is 39.3 Å². The molecule has 0 aromatic heterocycles. The molecule has 0 fully saturated rings. The Hall–Kier alpha value is -2.94. The van der Waals surface area contributed by atoms with Crippen LogP contribution in [0.5, 0.6) is 0 Å². The van der Waals surface area contributed by atoms with E-state index in [0.29, 0.717) is 0 Å². The minimum atomic E-state index is -5.11. The minimum absolute atomic E-state index is 0.323. The van der Waals surface area contributed by atoms with E-state index in [1.165, 1.54) is 0 Å². The maximum Gasteiger partial charge on any atom is 0.471 e. The van der Waals surface area contributed by atoms with Crippen molar-refractivity contribution in [3.05, 3.63) is 0 Å². The number of amides is 4. The quantitative estimate of drug-likeness (QED) is 0.490. The van der Waals surface area contributed by atoms with Crippen LogP contribution in [-0.4, -0.2) is 99.6 Å². The maximum atomic E-state index is 12.2. The molecular weight excluding hydrogens is 434 g/mol. The molecule has 0 aliphatic rings. The van der Waals surface area contributed by atoms with E-state index in [-0.39, 0.29) is 13.1 Å². The number of halogens is 6. The Morgan fingerprint density at radius 3 is 1.20 bits per heavy atom. The fourth-order valence-electron chi connectivity index (χ4n) is 1.90. The van der Waals surface area contributed by atoms with E-state index < -0.39 is 62.5 Å². The molecule has 0 atom stereocenters. The monoisotopic (exact) mass is 454 g/mol. The molecule has 0 aliphatic carbocycles. The van der Waals surface area contributed by atoms with Crippen molar-refractivity contribution in [3.8, 4) is 0 Å². The van der Waals surface area contributed by atoms with Gasteiger partial charge in [0.25, 0.3) is 0 Å². The molecule has 10 nitrogen and oxygen atoms in total. The fraction of sp³-hybridized carbons (Fsp3) is 0.714. The summed E-state index contributed by atoms with van der Waals surface area (Å²) in [5, 5.41) is 3.08. The molecule has 2 N–H and O–H groups in total. The first kappa shape index (κ1) is 27.1. The summed E-state index contributed by atoms with van der Waals surface area (Å²) in [6, 6.07) is 0. The first-order valence-corrected chi connectivity index (χ1v) is 8.09. The maximum absolute atomic E-state index is 12.2. The third-order valence-corrected chi connectivity index (χ3v) is 3.35. The topological polar surface area (TPSA) is 117 Å². The van der Waals surface area contributed by atoms with Crippen LogP contribution in [0, 0.1) is 0 Å².